The molecule has 1 atom stereocenters. The summed E-state index contributed by atoms with van der Waals surface area (Å²) in [6.07, 6.45) is 4.92. The number of carbonyl (C=O) groups is 2. The molecule has 1 aliphatic rings. The molecular weight excluding hydrogens is 242 g/mol. The van der Waals surface area contributed by atoms with E-state index in [1.54, 1.807) is 6.92 Å². The zero-order chi connectivity index (χ0) is 14.7. The summed E-state index contributed by atoms with van der Waals surface area (Å²) in [6.45, 7) is 9.09. The summed E-state index contributed by atoms with van der Waals surface area (Å²) in [6, 6.07) is -0.442. The van der Waals surface area contributed by atoms with Crippen molar-refractivity contribution in [3.63, 3.8) is 0 Å². The van der Waals surface area contributed by atoms with Gasteiger partial charge in [-0.1, -0.05) is 26.2 Å². The summed E-state index contributed by atoms with van der Waals surface area (Å²) in [5.41, 5.74) is -0.681. The van der Waals surface area contributed by atoms with Crippen LogP contribution in [0.25, 0.3) is 0 Å². The topological polar surface area (TPSA) is 55.4 Å². The Labute approximate surface area is 116 Å². The van der Waals surface area contributed by atoms with Crippen LogP contribution in [0.2, 0.25) is 0 Å². The third-order valence-electron chi connectivity index (χ3n) is 3.76. The lowest BCUT2D eigenvalue weighted by molar-refractivity contribution is -0.122. The van der Waals surface area contributed by atoms with Crippen LogP contribution in [-0.4, -0.2) is 23.5 Å². The first-order valence-electron chi connectivity index (χ1n) is 7.14. The van der Waals surface area contributed by atoms with Crippen molar-refractivity contribution in [3.05, 3.63) is 0 Å². The van der Waals surface area contributed by atoms with Gasteiger partial charge in [-0.05, 0) is 46.0 Å². The lowest BCUT2D eigenvalue weighted by atomic mass is 9.69. The molecular formula is C15H27NO3. The van der Waals surface area contributed by atoms with Crippen LogP contribution in [0.4, 0.5) is 4.79 Å². The highest BCUT2D eigenvalue weighted by Crippen LogP contribution is 2.39. The molecule has 0 saturated heterocycles. The fourth-order valence-electron chi connectivity index (χ4n) is 2.84. The summed E-state index contributed by atoms with van der Waals surface area (Å²) >= 11 is 0. The Kier molecular flexibility index (Phi) is 4.99. The highest BCUT2D eigenvalue weighted by Gasteiger charge is 2.39. The van der Waals surface area contributed by atoms with Crippen LogP contribution >= 0.6 is 0 Å². The first-order valence-corrected chi connectivity index (χ1v) is 7.14. The van der Waals surface area contributed by atoms with Gasteiger partial charge in [0.05, 0.1) is 6.04 Å². The van der Waals surface area contributed by atoms with Gasteiger partial charge >= 0.3 is 6.09 Å². The molecule has 0 spiro atoms. The summed E-state index contributed by atoms with van der Waals surface area (Å²) < 4.78 is 5.25. The maximum atomic E-state index is 11.9. The molecule has 110 valence electrons. The number of carbonyl (C=O) groups excluding carboxylic acids is 2. The summed E-state index contributed by atoms with van der Waals surface area (Å²) in [5.74, 6) is 0.00950. The molecule has 4 heteroatoms. The van der Waals surface area contributed by atoms with Crippen LogP contribution in [0.5, 0.6) is 0 Å². The lowest BCUT2D eigenvalue weighted by Crippen LogP contribution is -2.52. The Morgan fingerprint density at radius 2 is 1.68 bits per heavy atom. The minimum Gasteiger partial charge on any atom is -0.444 e. The van der Waals surface area contributed by atoms with Gasteiger partial charge < -0.3 is 10.1 Å². The summed E-state index contributed by atoms with van der Waals surface area (Å²) in [4.78, 5) is 23.8. The van der Waals surface area contributed by atoms with Gasteiger partial charge in [0.25, 0.3) is 0 Å². The molecule has 1 fully saturated rings. The van der Waals surface area contributed by atoms with Gasteiger partial charge in [0.15, 0.2) is 5.78 Å². The second kappa shape index (κ2) is 5.93. The molecule has 0 radical (unpaired) electrons. The van der Waals surface area contributed by atoms with Crippen molar-refractivity contribution in [2.45, 2.75) is 78.4 Å². The van der Waals surface area contributed by atoms with Crippen molar-refractivity contribution in [1.29, 1.82) is 0 Å². The first-order chi connectivity index (χ1) is 8.64. The Morgan fingerprint density at radius 3 is 2.11 bits per heavy atom. The molecule has 4 nitrogen and oxygen atoms in total. The van der Waals surface area contributed by atoms with E-state index in [9.17, 15) is 9.59 Å². The van der Waals surface area contributed by atoms with E-state index in [-0.39, 0.29) is 11.2 Å². The predicted octanol–water partition coefficient (Wildman–Crippen LogP) is 3.44. The lowest BCUT2D eigenvalue weighted by Gasteiger charge is -2.39. The molecule has 0 aliphatic heterocycles. The number of ether oxygens (including phenoxy) is 1. The molecule has 1 rings (SSSR count). The van der Waals surface area contributed by atoms with Crippen LogP contribution in [0.1, 0.15) is 66.7 Å². The van der Waals surface area contributed by atoms with Gasteiger partial charge in [-0.3, -0.25) is 4.79 Å². The number of rotatable bonds is 3. The molecule has 0 bridgehead atoms. The number of ketones is 1. The summed E-state index contributed by atoms with van der Waals surface area (Å²) in [5, 5.41) is 2.77. The molecule has 0 aromatic rings. The zero-order valence-electron chi connectivity index (χ0n) is 12.8. The third kappa shape index (κ3) is 4.84. The van der Waals surface area contributed by atoms with Crippen molar-refractivity contribution in [2.75, 3.05) is 0 Å². The molecule has 1 unspecified atom stereocenters. The van der Waals surface area contributed by atoms with E-state index in [2.05, 4.69) is 12.2 Å². The third-order valence-corrected chi connectivity index (χ3v) is 3.76. The normalized spacial score (nSPS) is 20.5. The van der Waals surface area contributed by atoms with Crippen molar-refractivity contribution < 1.29 is 14.3 Å². The number of nitrogens with one attached hydrogen (secondary N) is 1. The number of amides is 1. The molecule has 0 heterocycles. The zero-order valence-corrected chi connectivity index (χ0v) is 12.8. The van der Waals surface area contributed by atoms with E-state index in [0.717, 1.165) is 25.7 Å². The van der Waals surface area contributed by atoms with Crippen molar-refractivity contribution in [3.8, 4) is 0 Å². The number of hydrogen-bond acceptors (Lipinski definition) is 3. The van der Waals surface area contributed by atoms with E-state index in [4.69, 9.17) is 4.74 Å². The smallest absolute Gasteiger partial charge is 0.408 e. The maximum absolute atomic E-state index is 11.9. The van der Waals surface area contributed by atoms with Gasteiger partial charge in [-0.15, -0.1) is 0 Å². The standard InChI is InChI=1S/C15H27NO3/c1-11(17)12(15(5)9-7-6-8-10-15)16-13(18)19-14(2,3)4/h12H,6-10H2,1-5H3,(H,16,18). The van der Waals surface area contributed by atoms with Crippen LogP contribution < -0.4 is 5.32 Å². The average Bonchev–Trinajstić information content (AvgIpc) is 2.24. The van der Waals surface area contributed by atoms with Crippen LogP contribution in [0.15, 0.2) is 0 Å². The average molecular weight is 269 g/mol. The Hall–Kier alpha value is -1.06. The van der Waals surface area contributed by atoms with Crippen LogP contribution in [0, 0.1) is 5.41 Å². The highest BCUT2D eigenvalue weighted by molar-refractivity contribution is 5.86. The maximum Gasteiger partial charge on any atom is 0.408 e. The number of Topliss-reactive ketones (excluding diaryl/α,β-unsaturated/α-hetero) is 1. The molecule has 1 amide bonds. The van der Waals surface area contributed by atoms with Crippen LogP contribution in [0.3, 0.4) is 0 Å². The Balaban J connectivity index is 2.73. The minimum absolute atomic E-state index is 0.00950. The van der Waals surface area contributed by atoms with Gasteiger partial charge in [0.2, 0.25) is 0 Å². The second-order valence-corrected chi connectivity index (χ2v) is 6.90. The van der Waals surface area contributed by atoms with Gasteiger partial charge in [0, 0.05) is 0 Å². The molecule has 1 N–H and O–H groups in total. The number of hydrogen-bond donors (Lipinski definition) is 1. The van der Waals surface area contributed by atoms with Crippen molar-refractivity contribution in [1.82, 2.24) is 5.32 Å². The largest absolute Gasteiger partial charge is 0.444 e. The van der Waals surface area contributed by atoms with Crippen LogP contribution in [-0.2, 0) is 9.53 Å². The Morgan fingerprint density at radius 1 is 1.16 bits per heavy atom. The molecule has 0 aromatic heterocycles. The van der Waals surface area contributed by atoms with Gasteiger partial charge in [0.1, 0.15) is 5.60 Å². The molecule has 19 heavy (non-hydrogen) atoms. The van der Waals surface area contributed by atoms with Gasteiger partial charge in [-0.25, -0.2) is 4.79 Å². The first kappa shape index (κ1) is 16.0. The Bertz CT molecular complexity index is 338. The number of alkyl carbamates (subject to hydrolysis) is 1. The van der Waals surface area contributed by atoms with Crippen molar-refractivity contribution >= 4 is 11.9 Å². The van der Waals surface area contributed by atoms with E-state index in [1.807, 2.05) is 20.8 Å². The summed E-state index contributed by atoms with van der Waals surface area (Å²) in [7, 11) is 0. The van der Waals surface area contributed by atoms with Crippen molar-refractivity contribution in [2.24, 2.45) is 5.41 Å². The molecule has 1 saturated carbocycles. The van der Waals surface area contributed by atoms with Gasteiger partial charge in [-0.2, -0.15) is 0 Å². The molecule has 1 aliphatic carbocycles. The van der Waals surface area contributed by atoms with E-state index < -0.39 is 17.7 Å². The monoisotopic (exact) mass is 269 g/mol. The SMILES string of the molecule is CC(=O)C(NC(=O)OC(C)(C)C)C1(C)CCCCC1. The minimum atomic E-state index is -0.543. The molecule has 0 aromatic carbocycles. The van der Waals surface area contributed by atoms with E-state index in [0.29, 0.717) is 0 Å². The van der Waals surface area contributed by atoms with E-state index in [1.165, 1.54) is 6.42 Å². The predicted molar refractivity (Wildman–Crippen MR) is 75.0 cm³/mol. The fraction of sp³-hybridized carbons (Fsp3) is 0.867. The second-order valence-electron chi connectivity index (χ2n) is 6.90. The van der Waals surface area contributed by atoms with E-state index >= 15 is 0 Å². The fourth-order valence-corrected chi connectivity index (χ4v) is 2.84. The highest BCUT2D eigenvalue weighted by atomic mass is 16.6. The quantitative estimate of drug-likeness (QED) is 0.854.